The minimum atomic E-state index is -0.857. The molecule has 0 radical (unpaired) electrons. The Hall–Kier alpha value is -1.98. The number of amides is 1. The predicted octanol–water partition coefficient (Wildman–Crippen LogP) is 2.67. The van der Waals surface area contributed by atoms with Gasteiger partial charge in [-0.1, -0.05) is 12.1 Å². The zero-order valence-electron chi connectivity index (χ0n) is 11.1. The summed E-state index contributed by atoms with van der Waals surface area (Å²) in [5, 5.41) is 12.1. The number of rotatable bonds is 2. The molecular weight excluding hydrogens is 266 g/mol. The average molecular weight is 282 g/mol. The summed E-state index contributed by atoms with van der Waals surface area (Å²) in [7, 11) is 0. The zero-order chi connectivity index (χ0) is 14.7. The first-order valence-electron chi connectivity index (χ1n) is 6.52. The standard InChI is InChI=1S/C14H16F2N2O2/c1-2-9-8-18(6-5-13(9)17-20)14(19)11-4-3-10(15)7-12(11)16/h3-4,7,9,20H,2,5-6,8H2,1H3/b17-13+. The molecule has 4 nitrogen and oxygen atoms in total. The van der Waals surface area contributed by atoms with Crippen LogP contribution in [0.15, 0.2) is 23.4 Å². The molecule has 1 aromatic carbocycles. The summed E-state index contributed by atoms with van der Waals surface area (Å²) >= 11 is 0. The van der Waals surface area contributed by atoms with Crippen molar-refractivity contribution < 1.29 is 18.8 Å². The van der Waals surface area contributed by atoms with Crippen molar-refractivity contribution in [1.82, 2.24) is 4.90 Å². The smallest absolute Gasteiger partial charge is 0.256 e. The lowest BCUT2D eigenvalue weighted by Crippen LogP contribution is -2.44. The number of hydrogen-bond donors (Lipinski definition) is 1. The molecule has 6 heteroatoms. The molecule has 1 fully saturated rings. The fraction of sp³-hybridized carbons (Fsp3) is 0.429. The highest BCUT2D eigenvalue weighted by atomic mass is 19.1. The van der Waals surface area contributed by atoms with E-state index in [2.05, 4.69) is 5.16 Å². The number of oxime groups is 1. The van der Waals surface area contributed by atoms with Crippen LogP contribution in [0.3, 0.4) is 0 Å². The van der Waals surface area contributed by atoms with E-state index in [1.807, 2.05) is 6.92 Å². The Balaban J connectivity index is 2.18. The van der Waals surface area contributed by atoms with Crippen LogP contribution in [0.4, 0.5) is 8.78 Å². The molecule has 0 saturated carbocycles. The van der Waals surface area contributed by atoms with Gasteiger partial charge in [-0.2, -0.15) is 0 Å². The summed E-state index contributed by atoms with van der Waals surface area (Å²) in [5.41, 5.74) is 0.529. The van der Waals surface area contributed by atoms with Crippen LogP contribution in [-0.2, 0) is 0 Å². The number of likely N-dealkylation sites (tertiary alicyclic amines) is 1. The summed E-state index contributed by atoms with van der Waals surface area (Å²) in [6.45, 7) is 2.68. The lowest BCUT2D eigenvalue weighted by Gasteiger charge is -2.32. The van der Waals surface area contributed by atoms with Gasteiger partial charge in [0.05, 0.1) is 11.3 Å². The highest BCUT2D eigenvalue weighted by Crippen LogP contribution is 2.20. The van der Waals surface area contributed by atoms with E-state index in [0.29, 0.717) is 31.3 Å². The number of benzene rings is 1. The molecule has 2 rings (SSSR count). The monoisotopic (exact) mass is 282 g/mol. The molecule has 1 aliphatic heterocycles. The quantitative estimate of drug-likeness (QED) is 0.669. The van der Waals surface area contributed by atoms with Crippen molar-refractivity contribution in [3.8, 4) is 0 Å². The largest absolute Gasteiger partial charge is 0.411 e. The molecule has 1 amide bonds. The predicted molar refractivity (Wildman–Crippen MR) is 69.9 cm³/mol. The number of halogens is 2. The van der Waals surface area contributed by atoms with Crippen molar-refractivity contribution in [2.24, 2.45) is 11.1 Å². The van der Waals surface area contributed by atoms with Crippen LogP contribution in [-0.4, -0.2) is 34.8 Å². The molecule has 1 N–H and O–H groups in total. The Labute approximate surface area is 115 Å². The Morgan fingerprint density at radius 1 is 1.50 bits per heavy atom. The van der Waals surface area contributed by atoms with Crippen LogP contribution in [0.1, 0.15) is 30.1 Å². The summed E-state index contributed by atoms with van der Waals surface area (Å²) in [6, 6.07) is 2.93. The number of carbonyl (C=O) groups excluding carboxylic acids is 1. The molecule has 0 aliphatic carbocycles. The second-order valence-electron chi connectivity index (χ2n) is 4.82. The van der Waals surface area contributed by atoms with Crippen molar-refractivity contribution in [3.63, 3.8) is 0 Å². The molecule has 1 atom stereocenters. The first-order valence-corrected chi connectivity index (χ1v) is 6.52. The number of hydrogen-bond acceptors (Lipinski definition) is 3. The van der Waals surface area contributed by atoms with Crippen molar-refractivity contribution in [3.05, 3.63) is 35.4 Å². The lowest BCUT2D eigenvalue weighted by atomic mass is 9.93. The third-order valence-corrected chi connectivity index (χ3v) is 3.62. The van der Waals surface area contributed by atoms with Gasteiger partial charge in [-0.15, -0.1) is 0 Å². The first-order chi connectivity index (χ1) is 9.56. The number of nitrogens with zero attached hydrogens (tertiary/aromatic N) is 2. The minimum Gasteiger partial charge on any atom is -0.411 e. The molecular formula is C14H16F2N2O2. The van der Waals surface area contributed by atoms with Crippen LogP contribution >= 0.6 is 0 Å². The van der Waals surface area contributed by atoms with E-state index >= 15 is 0 Å². The van der Waals surface area contributed by atoms with Gasteiger partial charge in [0.2, 0.25) is 0 Å². The zero-order valence-corrected chi connectivity index (χ0v) is 11.1. The van der Waals surface area contributed by atoms with E-state index in [4.69, 9.17) is 5.21 Å². The van der Waals surface area contributed by atoms with Crippen molar-refractivity contribution in [2.75, 3.05) is 13.1 Å². The summed E-state index contributed by atoms with van der Waals surface area (Å²) in [4.78, 5) is 13.8. The van der Waals surface area contributed by atoms with Gasteiger partial charge in [0.1, 0.15) is 11.6 Å². The molecule has 108 valence electrons. The third-order valence-electron chi connectivity index (χ3n) is 3.62. The average Bonchev–Trinajstić information content (AvgIpc) is 2.45. The van der Waals surface area contributed by atoms with Gasteiger partial charge in [-0.25, -0.2) is 8.78 Å². The van der Waals surface area contributed by atoms with Gasteiger partial charge in [0.15, 0.2) is 0 Å². The Kier molecular flexibility index (Phi) is 4.32. The third kappa shape index (κ3) is 2.79. The molecule has 1 heterocycles. The topological polar surface area (TPSA) is 52.9 Å². The van der Waals surface area contributed by atoms with E-state index in [1.165, 1.54) is 4.90 Å². The van der Waals surface area contributed by atoms with Crippen LogP contribution in [0.25, 0.3) is 0 Å². The molecule has 1 unspecified atom stereocenters. The molecule has 0 bridgehead atoms. The highest BCUT2D eigenvalue weighted by molar-refractivity contribution is 5.96. The molecule has 1 aliphatic rings. The van der Waals surface area contributed by atoms with E-state index in [-0.39, 0.29) is 11.5 Å². The summed E-state index contributed by atoms with van der Waals surface area (Å²) in [5.74, 6) is -2.05. The van der Waals surface area contributed by atoms with Crippen molar-refractivity contribution in [1.29, 1.82) is 0 Å². The van der Waals surface area contributed by atoms with Gasteiger partial charge in [-0.3, -0.25) is 4.79 Å². The van der Waals surface area contributed by atoms with Gasteiger partial charge in [0.25, 0.3) is 5.91 Å². The van der Waals surface area contributed by atoms with E-state index in [0.717, 1.165) is 18.6 Å². The maximum atomic E-state index is 13.6. The van der Waals surface area contributed by atoms with E-state index in [9.17, 15) is 13.6 Å². The van der Waals surface area contributed by atoms with Crippen molar-refractivity contribution >= 4 is 11.6 Å². The first kappa shape index (κ1) is 14.4. The fourth-order valence-electron chi connectivity index (χ4n) is 2.43. The van der Waals surface area contributed by atoms with Gasteiger partial charge >= 0.3 is 0 Å². The molecule has 20 heavy (non-hydrogen) atoms. The molecule has 0 aromatic heterocycles. The molecule has 0 spiro atoms. The summed E-state index contributed by atoms with van der Waals surface area (Å²) in [6.07, 6.45) is 1.19. The second kappa shape index (κ2) is 5.98. The fourth-order valence-corrected chi connectivity index (χ4v) is 2.43. The highest BCUT2D eigenvalue weighted by Gasteiger charge is 2.29. The number of carbonyl (C=O) groups is 1. The van der Waals surface area contributed by atoms with Crippen LogP contribution in [0.5, 0.6) is 0 Å². The summed E-state index contributed by atoms with van der Waals surface area (Å²) < 4.78 is 26.5. The van der Waals surface area contributed by atoms with E-state index in [1.54, 1.807) is 0 Å². The lowest BCUT2D eigenvalue weighted by molar-refractivity contribution is 0.0724. The molecule has 1 saturated heterocycles. The van der Waals surface area contributed by atoms with Gasteiger partial charge in [-0.05, 0) is 18.6 Å². The Morgan fingerprint density at radius 2 is 2.25 bits per heavy atom. The van der Waals surface area contributed by atoms with Crippen LogP contribution in [0, 0.1) is 17.6 Å². The van der Waals surface area contributed by atoms with Crippen LogP contribution in [0.2, 0.25) is 0 Å². The second-order valence-corrected chi connectivity index (χ2v) is 4.82. The van der Waals surface area contributed by atoms with Crippen LogP contribution < -0.4 is 0 Å². The van der Waals surface area contributed by atoms with Gasteiger partial charge < -0.3 is 10.1 Å². The maximum Gasteiger partial charge on any atom is 0.256 e. The maximum absolute atomic E-state index is 13.6. The Bertz CT molecular complexity index is 546. The van der Waals surface area contributed by atoms with E-state index < -0.39 is 17.5 Å². The SMILES string of the molecule is CCC1CN(C(=O)c2ccc(F)cc2F)CC/C1=N\O. The number of piperidine rings is 1. The minimum absolute atomic E-state index is 0.0267. The Morgan fingerprint density at radius 3 is 2.85 bits per heavy atom. The normalized spacial score (nSPS) is 21.2. The van der Waals surface area contributed by atoms with Gasteiger partial charge in [0, 0.05) is 31.5 Å². The molecule has 1 aromatic rings. The van der Waals surface area contributed by atoms with Crippen molar-refractivity contribution in [2.45, 2.75) is 19.8 Å².